The summed E-state index contributed by atoms with van der Waals surface area (Å²) in [6.45, 7) is 0. The molecule has 0 saturated heterocycles. The highest BCUT2D eigenvalue weighted by Crippen LogP contribution is 2.19. The smallest absolute Gasteiger partial charge is 0.271 e. The zero-order chi connectivity index (χ0) is 18.5. The molecule has 7 heteroatoms. The topological polar surface area (TPSA) is 101 Å². The van der Waals surface area contributed by atoms with E-state index in [-0.39, 0.29) is 5.69 Å². The van der Waals surface area contributed by atoms with Gasteiger partial charge in [-0.3, -0.25) is 14.6 Å². The van der Waals surface area contributed by atoms with Crippen LogP contribution in [0.15, 0.2) is 65.8 Å². The fourth-order valence-corrected chi connectivity index (χ4v) is 2.74. The lowest BCUT2D eigenvalue weighted by atomic mass is 10.1. The van der Waals surface area contributed by atoms with Crippen LogP contribution in [0.3, 0.4) is 0 Å². The summed E-state index contributed by atoms with van der Waals surface area (Å²) in [5.74, 6) is -0.442. The van der Waals surface area contributed by atoms with Crippen LogP contribution in [-0.4, -0.2) is 21.9 Å². The summed E-state index contributed by atoms with van der Waals surface area (Å²) in [7, 11) is 0. The number of nitrogens with zero attached hydrogens (tertiary/aromatic N) is 1. The Hall–Kier alpha value is -2.96. The van der Waals surface area contributed by atoms with Crippen LogP contribution in [0.2, 0.25) is 5.02 Å². The number of rotatable bonds is 5. The monoisotopic (exact) mass is 368 g/mol. The second-order valence-electron chi connectivity index (χ2n) is 5.80. The quantitative estimate of drug-likeness (QED) is 0.644. The average Bonchev–Trinajstić information content (AvgIpc) is 2.64. The van der Waals surface area contributed by atoms with Gasteiger partial charge in [-0.05, 0) is 47.9 Å². The largest absolute Gasteiger partial charge is 0.327 e. The van der Waals surface area contributed by atoms with Crippen molar-refractivity contribution in [2.75, 3.05) is 5.32 Å². The van der Waals surface area contributed by atoms with Gasteiger partial charge < -0.3 is 16.0 Å². The minimum absolute atomic E-state index is 0.144. The maximum atomic E-state index is 12.4. The molecular formula is C19H17ClN4O2. The Labute approximate surface area is 155 Å². The molecule has 1 atom stereocenters. The molecule has 0 aliphatic heterocycles. The fraction of sp³-hybridized carbons (Fsp3) is 0.105. The number of H-pyrrole nitrogens is 1. The number of carbonyl (C=O) groups excluding carboxylic acids is 1. The number of nitrogens with one attached hydrogen (secondary N) is 2. The maximum absolute atomic E-state index is 12.4. The van der Waals surface area contributed by atoms with Crippen molar-refractivity contribution in [2.24, 2.45) is 5.73 Å². The van der Waals surface area contributed by atoms with Gasteiger partial charge in [0, 0.05) is 29.2 Å². The van der Waals surface area contributed by atoms with Crippen LogP contribution >= 0.6 is 11.6 Å². The Morgan fingerprint density at radius 2 is 1.96 bits per heavy atom. The Morgan fingerprint density at radius 3 is 2.69 bits per heavy atom. The second kappa shape index (κ2) is 7.95. The molecule has 0 aliphatic rings. The molecule has 3 rings (SSSR count). The first kappa shape index (κ1) is 17.8. The summed E-state index contributed by atoms with van der Waals surface area (Å²) in [5.41, 5.74) is 8.19. The van der Waals surface area contributed by atoms with Crippen molar-refractivity contribution >= 4 is 23.2 Å². The number of nitrogens with two attached hydrogens (primary N) is 1. The molecule has 0 aliphatic carbocycles. The summed E-state index contributed by atoms with van der Waals surface area (Å²) in [6.07, 6.45) is 5.20. The van der Waals surface area contributed by atoms with E-state index >= 15 is 0 Å². The lowest BCUT2D eigenvalue weighted by Gasteiger charge is -2.13. The van der Waals surface area contributed by atoms with Crippen LogP contribution in [0, 0.1) is 0 Å². The van der Waals surface area contributed by atoms with Gasteiger partial charge in [-0.25, -0.2) is 0 Å². The van der Waals surface area contributed by atoms with Gasteiger partial charge in [0.2, 0.25) is 5.91 Å². The number of carbonyl (C=O) groups is 1. The van der Waals surface area contributed by atoms with E-state index in [1.54, 1.807) is 42.9 Å². The summed E-state index contributed by atoms with van der Waals surface area (Å²) in [6, 6.07) is 11.6. The molecule has 0 unspecified atom stereocenters. The third-order valence-electron chi connectivity index (χ3n) is 3.86. The van der Waals surface area contributed by atoms with Gasteiger partial charge in [0.05, 0.1) is 6.04 Å². The van der Waals surface area contributed by atoms with E-state index in [0.717, 1.165) is 16.7 Å². The number of aromatic amines is 1. The van der Waals surface area contributed by atoms with Crippen molar-refractivity contribution in [1.29, 1.82) is 0 Å². The highest BCUT2D eigenvalue weighted by Gasteiger charge is 2.16. The molecule has 0 spiro atoms. The van der Waals surface area contributed by atoms with Crippen LogP contribution in [0.1, 0.15) is 5.56 Å². The molecule has 1 amide bonds. The van der Waals surface area contributed by atoms with E-state index < -0.39 is 17.5 Å². The van der Waals surface area contributed by atoms with Gasteiger partial charge in [0.25, 0.3) is 5.56 Å². The lowest BCUT2D eigenvalue weighted by Crippen LogP contribution is -2.38. The molecule has 0 fully saturated rings. The average molecular weight is 369 g/mol. The standard InChI is InChI=1S/C19H17ClN4O2/c20-15-3-1-2-12(8-15)9-16(21)18(25)24-17-10-14(11-23-19(17)26)13-4-6-22-7-5-13/h1-8,10-11,16H,9,21H2,(H,23,26)(H,24,25)/t16-/m1/s1. The minimum Gasteiger partial charge on any atom is -0.327 e. The SMILES string of the molecule is N[C@H](Cc1cccc(Cl)c1)C(=O)Nc1cc(-c2ccncc2)c[nH]c1=O. The van der Waals surface area contributed by atoms with Gasteiger partial charge in [-0.2, -0.15) is 0 Å². The predicted molar refractivity (Wildman–Crippen MR) is 102 cm³/mol. The molecule has 4 N–H and O–H groups in total. The number of halogens is 1. The number of amides is 1. The van der Waals surface area contributed by atoms with Gasteiger partial charge >= 0.3 is 0 Å². The summed E-state index contributed by atoms with van der Waals surface area (Å²) in [4.78, 5) is 31.0. The Morgan fingerprint density at radius 1 is 1.19 bits per heavy atom. The summed E-state index contributed by atoms with van der Waals surface area (Å²) < 4.78 is 0. The lowest BCUT2D eigenvalue weighted by molar-refractivity contribution is -0.117. The molecule has 2 heterocycles. The van der Waals surface area contributed by atoms with Crippen LogP contribution in [0.5, 0.6) is 0 Å². The van der Waals surface area contributed by atoms with E-state index in [0.29, 0.717) is 11.4 Å². The number of pyridine rings is 2. The number of anilines is 1. The first-order chi connectivity index (χ1) is 12.5. The highest BCUT2D eigenvalue weighted by molar-refractivity contribution is 6.30. The fourth-order valence-electron chi connectivity index (χ4n) is 2.52. The molecule has 1 aromatic carbocycles. The van der Waals surface area contributed by atoms with Gasteiger partial charge in [0.1, 0.15) is 5.69 Å². The maximum Gasteiger partial charge on any atom is 0.271 e. The molecule has 0 radical (unpaired) electrons. The van der Waals surface area contributed by atoms with Crippen molar-refractivity contribution in [3.63, 3.8) is 0 Å². The van der Waals surface area contributed by atoms with Crippen LogP contribution in [0.4, 0.5) is 5.69 Å². The van der Waals surface area contributed by atoms with Crippen molar-refractivity contribution in [3.8, 4) is 11.1 Å². The van der Waals surface area contributed by atoms with E-state index in [2.05, 4.69) is 15.3 Å². The van der Waals surface area contributed by atoms with E-state index in [4.69, 9.17) is 17.3 Å². The molecule has 0 bridgehead atoms. The van der Waals surface area contributed by atoms with Crippen molar-refractivity contribution in [3.05, 3.63) is 82.0 Å². The number of hydrogen-bond donors (Lipinski definition) is 3. The molecule has 3 aromatic rings. The molecular weight excluding hydrogens is 352 g/mol. The second-order valence-corrected chi connectivity index (χ2v) is 6.23. The first-order valence-corrected chi connectivity index (χ1v) is 8.35. The molecule has 26 heavy (non-hydrogen) atoms. The van der Waals surface area contributed by atoms with Crippen molar-refractivity contribution in [2.45, 2.75) is 12.5 Å². The van der Waals surface area contributed by atoms with Crippen LogP contribution < -0.4 is 16.6 Å². The van der Waals surface area contributed by atoms with Crippen LogP contribution in [0.25, 0.3) is 11.1 Å². The van der Waals surface area contributed by atoms with Crippen LogP contribution in [-0.2, 0) is 11.2 Å². The van der Waals surface area contributed by atoms with Crippen molar-refractivity contribution < 1.29 is 4.79 Å². The number of aromatic nitrogens is 2. The Balaban J connectivity index is 1.75. The van der Waals surface area contributed by atoms with Gasteiger partial charge in [-0.15, -0.1) is 0 Å². The predicted octanol–water partition coefficient (Wildman–Crippen LogP) is 2.60. The summed E-state index contributed by atoms with van der Waals surface area (Å²) >= 11 is 5.94. The summed E-state index contributed by atoms with van der Waals surface area (Å²) in [5, 5.41) is 3.18. The van der Waals surface area contributed by atoms with Crippen molar-refractivity contribution in [1.82, 2.24) is 9.97 Å². The number of hydrogen-bond acceptors (Lipinski definition) is 4. The molecule has 132 valence electrons. The number of benzene rings is 1. The molecule has 6 nitrogen and oxygen atoms in total. The van der Waals surface area contributed by atoms with E-state index in [9.17, 15) is 9.59 Å². The zero-order valence-electron chi connectivity index (χ0n) is 13.8. The first-order valence-electron chi connectivity index (χ1n) is 7.97. The normalized spacial score (nSPS) is 11.8. The molecule has 2 aromatic heterocycles. The Kier molecular flexibility index (Phi) is 5.46. The highest BCUT2D eigenvalue weighted by atomic mass is 35.5. The Bertz CT molecular complexity index is 973. The third-order valence-corrected chi connectivity index (χ3v) is 4.09. The third kappa shape index (κ3) is 4.36. The minimum atomic E-state index is -0.808. The van der Waals surface area contributed by atoms with Gasteiger partial charge in [0.15, 0.2) is 0 Å². The van der Waals surface area contributed by atoms with Gasteiger partial charge in [-0.1, -0.05) is 23.7 Å². The zero-order valence-corrected chi connectivity index (χ0v) is 14.5. The molecule has 0 saturated carbocycles. The van der Waals surface area contributed by atoms with E-state index in [1.807, 2.05) is 18.2 Å². The van der Waals surface area contributed by atoms with E-state index in [1.165, 1.54) is 0 Å².